The number of benzene rings is 1. The minimum atomic E-state index is -4.53. The van der Waals surface area contributed by atoms with Gasteiger partial charge < -0.3 is 9.88 Å². The van der Waals surface area contributed by atoms with Crippen molar-refractivity contribution < 1.29 is 18.0 Å². The fourth-order valence-corrected chi connectivity index (χ4v) is 2.43. The first-order chi connectivity index (χ1) is 11.1. The first-order valence-corrected chi connectivity index (χ1v) is 7.30. The average molecular weight is 359 g/mol. The molecule has 2 aromatic rings. The number of amides is 1. The second kappa shape index (κ2) is 6.68. The van der Waals surface area contributed by atoms with Gasteiger partial charge in [-0.1, -0.05) is 11.6 Å². The lowest BCUT2D eigenvalue weighted by Gasteiger charge is -2.15. The highest BCUT2D eigenvalue weighted by molar-refractivity contribution is 6.33. The van der Waals surface area contributed by atoms with Gasteiger partial charge in [-0.2, -0.15) is 13.2 Å². The maximum absolute atomic E-state index is 12.7. The second-order valence-corrected chi connectivity index (χ2v) is 5.71. The summed E-state index contributed by atoms with van der Waals surface area (Å²) in [5.41, 5.74) is -0.0519. The molecule has 0 saturated heterocycles. The average Bonchev–Trinajstić information content (AvgIpc) is 2.44. The molecular formula is C16H14ClF3N2O2. The Labute approximate surface area is 140 Å². The zero-order chi connectivity index (χ0) is 18.1. The molecule has 1 N–H and O–H groups in total. The number of halogens is 4. The number of anilines is 1. The molecule has 24 heavy (non-hydrogen) atoms. The normalized spacial score (nSPS) is 11.4. The van der Waals surface area contributed by atoms with Crippen LogP contribution in [0.25, 0.3) is 0 Å². The van der Waals surface area contributed by atoms with E-state index in [0.29, 0.717) is 11.4 Å². The molecule has 0 spiro atoms. The van der Waals surface area contributed by atoms with Crippen molar-refractivity contribution in [3.8, 4) is 0 Å². The van der Waals surface area contributed by atoms with Crippen LogP contribution in [0, 0.1) is 13.8 Å². The molecule has 1 amide bonds. The molecule has 0 aliphatic heterocycles. The number of hydrogen-bond acceptors (Lipinski definition) is 2. The van der Waals surface area contributed by atoms with Crippen molar-refractivity contribution in [2.24, 2.45) is 0 Å². The van der Waals surface area contributed by atoms with Gasteiger partial charge in [-0.3, -0.25) is 9.59 Å². The smallest absolute Gasteiger partial charge is 0.340 e. The van der Waals surface area contributed by atoms with Crippen LogP contribution in [0.2, 0.25) is 5.02 Å². The number of hydrogen-bond donors (Lipinski definition) is 1. The zero-order valence-electron chi connectivity index (χ0n) is 12.9. The third kappa shape index (κ3) is 4.17. The van der Waals surface area contributed by atoms with E-state index >= 15 is 0 Å². The van der Waals surface area contributed by atoms with Gasteiger partial charge >= 0.3 is 6.18 Å². The number of nitrogens with zero attached hydrogens (tertiary/aromatic N) is 1. The van der Waals surface area contributed by atoms with E-state index in [1.165, 1.54) is 12.1 Å². The predicted molar refractivity (Wildman–Crippen MR) is 85.3 cm³/mol. The molecule has 0 radical (unpaired) electrons. The minimum absolute atomic E-state index is 0.00435. The molecule has 2 rings (SSSR count). The third-order valence-corrected chi connectivity index (χ3v) is 3.75. The number of pyridine rings is 1. The highest BCUT2D eigenvalue weighted by Crippen LogP contribution is 2.33. The van der Waals surface area contributed by atoms with Gasteiger partial charge in [0.2, 0.25) is 5.91 Å². The van der Waals surface area contributed by atoms with Gasteiger partial charge in [-0.25, -0.2) is 0 Å². The number of carbonyl (C=O) groups excluding carboxylic acids is 1. The van der Waals surface area contributed by atoms with E-state index in [1.54, 1.807) is 18.4 Å². The largest absolute Gasteiger partial charge is 0.416 e. The van der Waals surface area contributed by atoms with Gasteiger partial charge in [0, 0.05) is 23.5 Å². The first kappa shape index (κ1) is 18.1. The fraction of sp³-hybridized carbons (Fsp3) is 0.250. The zero-order valence-corrected chi connectivity index (χ0v) is 13.6. The molecule has 8 heteroatoms. The quantitative estimate of drug-likeness (QED) is 0.908. The SMILES string of the molecule is Cc1cc(=O)cc(C)n1CC(=O)Nc1cc(C(F)(F)F)ccc1Cl. The van der Waals surface area contributed by atoms with Crippen molar-refractivity contribution in [2.75, 3.05) is 5.32 Å². The molecule has 128 valence electrons. The van der Waals surface area contributed by atoms with Crippen LogP contribution < -0.4 is 10.7 Å². The van der Waals surface area contributed by atoms with Crippen molar-refractivity contribution in [1.82, 2.24) is 4.57 Å². The number of nitrogens with one attached hydrogen (secondary N) is 1. The summed E-state index contributed by atoms with van der Waals surface area (Å²) in [6, 6.07) is 5.45. The van der Waals surface area contributed by atoms with Crippen LogP contribution >= 0.6 is 11.6 Å². The number of carbonyl (C=O) groups is 1. The van der Waals surface area contributed by atoms with Crippen LogP contribution in [0.5, 0.6) is 0 Å². The van der Waals surface area contributed by atoms with Gasteiger partial charge in [0.15, 0.2) is 5.43 Å². The molecule has 4 nitrogen and oxygen atoms in total. The molecule has 1 heterocycles. The Hall–Kier alpha value is -2.28. The van der Waals surface area contributed by atoms with Crippen LogP contribution in [-0.4, -0.2) is 10.5 Å². The Kier molecular flexibility index (Phi) is 5.03. The van der Waals surface area contributed by atoms with Gasteiger partial charge in [0.1, 0.15) is 6.54 Å². The molecule has 0 saturated carbocycles. The van der Waals surface area contributed by atoms with E-state index in [-0.39, 0.29) is 22.7 Å². The van der Waals surface area contributed by atoms with Crippen molar-refractivity contribution in [2.45, 2.75) is 26.6 Å². The lowest BCUT2D eigenvalue weighted by molar-refractivity contribution is -0.137. The fourth-order valence-electron chi connectivity index (χ4n) is 2.27. The molecule has 1 aromatic heterocycles. The maximum Gasteiger partial charge on any atom is 0.416 e. The highest BCUT2D eigenvalue weighted by atomic mass is 35.5. The summed E-state index contributed by atoms with van der Waals surface area (Å²) in [5, 5.41) is 2.37. The molecule has 0 fully saturated rings. The van der Waals surface area contributed by atoms with E-state index in [1.807, 2.05) is 0 Å². The van der Waals surface area contributed by atoms with Crippen molar-refractivity contribution in [3.05, 3.63) is 62.5 Å². The molecular weight excluding hydrogens is 345 g/mol. The van der Waals surface area contributed by atoms with E-state index in [9.17, 15) is 22.8 Å². The Morgan fingerprint density at radius 1 is 1.17 bits per heavy atom. The standard InChI is InChI=1S/C16H14ClF3N2O2/c1-9-5-12(23)6-10(2)22(9)8-15(24)21-14-7-11(16(18,19)20)3-4-13(14)17/h3-7H,8H2,1-2H3,(H,21,24). The van der Waals surface area contributed by atoms with Gasteiger partial charge in [0.05, 0.1) is 16.3 Å². The number of aryl methyl sites for hydroxylation is 2. The minimum Gasteiger partial charge on any atom is -0.340 e. The van der Waals surface area contributed by atoms with Gasteiger partial charge in [-0.05, 0) is 32.0 Å². The lowest BCUT2D eigenvalue weighted by atomic mass is 10.2. The summed E-state index contributed by atoms with van der Waals surface area (Å²) in [7, 11) is 0. The van der Waals surface area contributed by atoms with Gasteiger partial charge in [0.25, 0.3) is 0 Å². The summed E-state index contributed by atoms with van der Waals surface area (Å²) in [5.74, 6) is -0.550. The van der Waals surface area contributed by atoms with E-state index in [4.69, 9.17) is 11.6 Å². The van der Waals surface area contributed by atoms with E-state index < -0.39 is 17.6 Å². The van der Waals surface area contributed by atoms with Crippen molar-refractivity contribution in [1.29, 1.82) is 0 Å². The summed E-state index contributed by atoms with van der Waals surface area (Å²) < 4.78 is 39.8. The molecule has 0 unspecified atom stereocenters. The molecule has 0 atom stereocenters. The van der Waals surface area contributed by atoms with E-state index in [0.717, 1.165) is 18.2 Å². The first-order valence-electron chi connectivity index (χ1n) is 6.92. The second-order valence-electron chi connectivity index (χ2n) is 5.30. The Balaban J connectivity index is 2.23. The predicted octanol–water partition coefficient (Wildman–Crippen LogP) is 3.78. The van der Waals surface area contributed by atoms with Crippen LogP contribution in [0.4, 0.5) is 18.9 Å². The lowest BCUT2D eigenvalue weighted by Crippen LogP contribution is -2.23. The maximum atomic E-state index is 12.7. The van der Waals surface area contributed by atoms with Crippen LogP contribution in [0.1, 0.15) is 17.0 Å². The molecule has 1 aromatic carbocycles. The molecule has 0 aliphatic carbocycles. The summed E-state index contributed by atoms with van der Waals surface area (Å²) in [6.45, 7) is 3.18. The van der Waals surface area contributed by atoms with Crippen molar-refractivity contribution in [3.63, 3.8) is 0 Å². The summed E-state index contributed by atoms with van der Waals surface area (Å²) >= 11 is 5.85. The van der Waals surface area contributed by atoms with Crippen LogP contribution in [0.15, 0.2) is 35.1 Å². The van der Waals surface area contributed by atoms with Crippen LogP contribution in [-0.2, 0) is 17.5 Å². The molecule has 0 aliphatic rings. The van der Waals surface area contributed by atoms with E-state index in [2.05, 4.69) is 5.32 Å². The monoisotopic (exact) mass is 358 g/mol. The Bertz CT molecular complexity index is 818. The third-order valence-electron chi connectivity index (χ3n) is 3.42. The summed E-state index contributed by atoms with van der Waals surface area (Å²) in [6.07, 6.45) is -4.53. The van der Waals surface area contributed by atoms with Crippen LogP contribution in [0.3, 0.4) is 0 Å². The number of rotatable bonds is 3. The van der Waals surface area contributed by atoms with Crippen molar-refractivity contribution >= 4 is 23.2 Å². The van der Waals surface area contributed by atoms with Gasteiger partial charge in [-0.15, -0.1) is 0 Å². The highest BCUT2D eigenvalue weighted by Gasteiger charge is 2.31. The summed E-state index contributed by atoms with van der Waals surface area (Å²) in [4.78, 5) is 23.5. The number of alkyl halides is 3. The Morgan fingerprint density at radius 3 is 2.29 bits per heavy atom. The Morgan fingerprint density at radius 2 is 1.75 bits per heavy atom. The molecule has 0 bridgehead atoms. The topological polar surface area (TPSA) is 51.1 Å². The number of aromatic nitrogens is 1.